The van der Waals surface area contributed by atoms with Gasteiger partial charge in [-0.25, -0.2) is 17.5 Å². The molecular formula is C12H16BrFN2O3S. The molecule has 112 valence electrons. The maximum absolute atomic E-state index is 13.7. The first kappa shape index (κ1) is 15.7. The monoisotopic (exact) mass is 366 g/mol. The van der Waals surface area contributed by atoms with E-state index in [1.165, 1.54) is 0 Å². The van der Waals surface area contributed by atoms with E-state index < -0.39 is 20.7 Å². The van der Waals surface area contributed by atoms with Crippen molar-refractivity contribution < 1.29 is 17.5 Å². The summed E-state index contributed by atoms with van der Waals surface area (Å²) >= 11 is 3.05. The first-order valence-electron chi connectivity index (χ1n) is 6.22. The molecule has 1 unspecified atom stereocenters. The summed E-state index contributed by atoms with van der Waals surface area (Å²) < 4.78 is 45.7. The molecule has 1 aromatic carbocycles. The zero-order valence-corrected chi connectivity index (χ0v) is 13.1. The van der Waals surface area contributed by atoms with Gasteiger partial charge in [-0.05, 0) is 46.8 Å². The van der Waals surface area contributed by atoms with Gasteiger partial charge in [0.2, 0.25) is 10.0 Å². The molecular weight excluding hydrogens is 351 g/mol. The largest absolute Gasteiger partial charge is 0.398 e. The number of nitrogens with one attached hydrogen (secondary N) is 1. The van der Waals surface area contributed by atoms with Gasteiger partial charge in [0.1, 0.15) is 10.7 Å². The van der Waals surface area contributed by atoms with Crippen LogP contribution in [0.4, 0.5) is 10.1 Å². The molecule has 5 nitrogen and oxygen atoms in total. The van der Waals surface area contributed by atoms with Gasteiger partial charge in [-0.2, -0.15) is 0 Å². The van der Waals surface area contributed by atoms with Crippen LogP contribution in [0.2, 0.25) is 0 Å². The SMILES string of the molecule is Nc1cc(S(=O)(=O)NCCC2CCOC2)c(F)cc1Br. The summed E-state index contributed by atoms with van der Waals surface area (Å²) in [5.74, 6) is -0.472. The number of hydrogen-bond donors (Lipinski definition) is 2. The highest BCUT2D eigenvalue weighted by Crippen LogP contribution is 2.26. The zero-order valence-electron chi connectivity index (χ0n) is 10.7. The molecule has 1 fully saturated rings. The fourth-order valence-corrected chi connectivity index (χ4v) is 3.49. The molecule has 0 radical (unpaired) electrons. The molecule has 1 heterocycles. The molecule has 1 aliphatic rings. The van der Waals surface area contributed by atoms with E-state index in [0.29, 0.717) is 23.4 Å². The summed E-state index contributed by atoms with van der Waals surface area (Å²) in [6.07, 6.45) is 1.61. The van der Waals surface area contributed by atoms with Crippen molar-refractivity contribution in [2.45, 2.75) is 17.7 Å². The molecule has 0 spiro atoms. The van der Waals surface area contributed by atoms with E-state index >= 15 is 0 Å². The summed E-state index contributed by atoms with van der Waals surface area (Å²) in [7, 11) is -3.89. The summed E-state index contributed by atoms with van der Waals surface area (Å²) in [6, 6.07) is 2.16. The third-order valence-corrected chi connectivity index (χ3v) is 5.37. The highest BCUT2D eigenvalue weighted by molar-refractivity contribution is 9.10. The fraction of sp³-hybridized carbons (Fsp3) is 0.500. The molecule has 0 aromatic heterocycles. The number of halogens is 2. The molecule has 0 bridgehead atoms. The van der Waals surface area contributed by atoms with Crippen molar-refractivity contribution in [3.63, 3.8) is 0 Å². The van der Waals surface area contributed by atoms with Crippen molar-refractivity contribution in [3.8, 4) is 0 Å². The van der Waals surface area contributed by atoms with Crippen molar-refractivity contribution >= 4 is 31.6 Å². The molecule has 8 heteroatoms. The maximum atomic E-state index is 13.7. The molecule has 3 N–H and O–H groups in total. The Morgan fingerprint density at radius 2 is 2.25 bits per heavy atom. The van der Waals surface area contributed by atoms with Crippen LogP contribution in [-0.2, 0) is 14.8 Å². The van der Waals surface area contributed by atoms with Gasteiger partial charge in [0, 0.05) is 29.9 Å². The second-order valence-corrected chi connectivity index (χ2v) is 7.31. The zero-order chi connectivity index (χ0) is 14.8. The Kier molecular flexibility index (Phi) is 5.00. The van der Waals surface area contributed by atoms with Gasteiger partial charge in [-0.15, -0.1) is 0 Å². The number of rotatable bonds is 5. The minimum absolute atomic E-state index is 0.177. The van der Waals surface area contributed by atoms with E-state index in [2.05, 4.69) is 20.7 Å². The minimum Gasteiger partial charge on any atom is -0.398 e. The van der Waals surface area contributed by atoms with Gasteiger partial charge in [-0.1, -0.05) is 0 Å². The summed E-state index contributed by atoms with van der Waals surface area (Å²) in [5.41, 5.74) is 5.77. The highest BCUT2D eigenvalue weighted by atomic mass is 79.9. The predicted octanol–water partition coefficient (Wildman–Crippen LogP) is 1.88. The number of hydrogen-bond acceptors (Lipinski definition) is 4. The number of sulfonamides is 1. The molecule has 0 amide bonds. The second-order valence-electron chi connectivity index (χ2n) is 4.72. The standard InChI is InChI=1S/C12H16BrFN2O3S/c13-9-5-10(14)12(6-11(9)15)20(17,18)16-3-1-8-2-4-19-7-8/h5-6,8,16H,1-4,7,15H2. The average Bonchev–Trinajstić information content (AvgIpc) is 2.86. The van der Waals surface area contributed by atoms with Gasteiger partial charge in [0.15, 0.2) is 0 Å². The van der Waals surface area contributed by atoms with Gasteiger partial charge in [0.05, 0.1) is 0 Å². The Balaban J connectivity index is 2.04. The first-order valence-corrected chi connectivity index (χ1v) is 8.49. The van der Waals surface area contributed by atoms with Crippen LogP contribution in [-0.4, -0.2) is 28.2 Å². The van der Waals surface area contributed by atoms with Crippen LogP contribution < -0.4 is 10.5 Å². The fourth-order valence-electron chi connectivity index (χ4n) is 2.04. The minimum atomic E-state index is -3.89. The maximum Gasteiger partial charge on any atom is 0.243 e. The Morgan fingerprint density at radius 1 is 1.50 bits per heavy atom. The smallest absolute Gasteiger partial charge is 0.243 e. The van der Waals surface area contributed by atoms with Gasteiger partial charge in [-0.3, -0.25) is 0 Å². The van der Waals surface area contributed by atoms with Crippen molar-refractivity contribution in [2.75, 3.05) is 25.5 Å². The van der Waals surface area contributed by atoms with Crippen LogP contribution in [0.5, 0.6) is 0 Å². The van der Waals surface area contributed by atoms with Crippen LogP contribution in [0.3, 0.4) is 0 Å². The van der Waals surface area contributed by atoms with Crippen molar-refractivity contribution in [1.82, 2.24) is 4.72 Å². The highest BCUT2D eigenvalue weighted by Gasteiger charge is 2.22. The van der Waals surface area contributed by atoms with E-state index in [9.17, 15) is 12.8 Å². The summed E-state index contributed by atoms with van der Waals surface area (Å²) in [5, 5.41) is 0. The topological polar surface area (TPSA) is 81.4 Å². The lowest BCUT2D eigenvalue weighted by Gasteiger charge is -2.11. The Morgan fingerprint density at radius 3 is 2.90 bits per heavy atom. The van der Waals surface area contributed by atoms with E-state index in [1.807, 2.05) is 0 Å². The van der Waals surface area contributed by atoms with Gasteiger partial charge < -0.3 is 10.5 Å². The number of nitrogen functional groups attached to an aromatic ring is 1. The van der Waals surface area contributed by atoms with Crippen molar-refractivity contribution in [3.05, 3.63) is 22.4 Å². The average molecular weight is 367 g/mol. The van der Waals surface area contributed by atoms with Crippen LogP contribution in [0.1, 0.15) is 12.8 Å². The molecule has 2 rings (SSSR count). The van der Waals surface area contributed by atoms with Crippen LogP contribution >= 0.6 is 15.9 Å². The van der Waals surface area contributed by atoms with Gasteiger partial charge in [0.25, 0.3) is 0 Å². The molecule has 0 aliphatic carbocycles. The Bertz CT molecular complexity index is 589. The molecule has 0 saturated carbocycles. The van der Waals surface area contributed by atoms with Crippen molar-refractivity contribution in [2.24, 2.45) is 5.92 Å². The molecule has 1 aliphatic heterocycles. The Labute approximate surface area is 125 Å². The van der Waals surface area contributed by atoms with E-state index in [-0.39, 0.29) is 12.2 Å². The van der Waals surface area contributed by atoms with E-state index in [0.717, 1.165) is 25.2 Å². The lowest BCUT2D eigenvalue weighted by atomic mass is 10.1. The predicted molar refractivity (Wildman–Crippen MR) is 77.2 cm³/mol. The number of nitrogens with two attached hydrogens (primary N) is 1. The van der Waals surface area contributed by atoms with E-state index in [4.69, 9.17) is 10.5 Å². The molecule has 20 heavy (non-hydrogen) atoms. The normalized spacial score (nSPS) is 19.4. The second kappa shape index (κ2) is 6.38. The Hall–Kier alpha value is -0.700. The summed E-state index contributed by atoms with van der Waals surface area (Å²) in [4.78, 5) is -0.430. The number of ether oxygens (including phenoxy) is 1. The molecule has 1 aromatic rings. The molecule has 1 atom stereocenters. The van der Waals surface area contributed by atoms with Crippen molar-refractivity contribution in [1.29, 1.82) is 0 Å². The van der Waals surface area contributed by atoms with Gasteiger partial charge >= 0.3 is 0 Å². The third kappa shape index (κ3) is 3.69. The number of anilines is 1. The van der Waals surface area contributed by atoms with Crippen LogP contribution in [0.15, 0.2) is 21.5 Å². The number of benzene rings is 1. The quantitative estimate of drug-likeness (QED) is 0.779. The lowest BCUT2D eigenvalue weighted by Crippen LogP contribution is -2.27. The van der Waals surface area contributed by atoms with E-state index in [1.54, 1.807) is 0 Å². The van der Waals surface area contributed by atoms with Crippen LogP contribution in [0, 0.1) is 11.7 Å². The lowest BCUT2D eigenvalue weighted by molar-refractivity contribution is 0.184. The first-order chi connectivity index (χ1) is 9.40. The third-order valence-electron chi connectivity index (χ3n) is 3.21. The molecule has 1 saturated heterocycles. The van der Waals surface area contributed by atoms with Crippen LogP contribution in [0.25, 0.3) is 0 Å². The summed E-state index contributed by atoms with van der Waals surface area (Å²) in [6.45, 7) is 1.63.